The summed E-state index contributed by atoms with van der Waals surface area (Å²) in [5.74, 6) is 0.180. The molecule has 0 spiro atoms. The first-order valence-corrected chi connectivity index (χ1v) is 6.53. The summed E-state index contributed by atoms with van der Waals surface area (Å²) in [6.45, 7) is 3.50. The molecule has 108 valence electrons. The first kappa shape index (κ1) is 13.3. The van der Waals surface area contributed by atoms with E-state index in [0.29, 0.717) is 17.0 Å². The minimum absolute atomic E-state index is 0.151. The lowest BCUT2D eigenvalue weighted by Gasteiger charge is -2.25. The molecule has 1 aliphatic rings. The van der Waals surface area contributed by atoms with Crippen molar-refractivity contribution in [3.63, 3.8) is 0 Å². The second-order valence-electron chi connectivity index (χ2n) is 5.49. The van der Waals surface area contributed by atoms with E-state index in [1.165, 1.54) is 6.33 Å². The van der Waals surface area contributed by atoms with Crippen molar-refractivity contribution in [3.05, 3.63) is 24.2 Å². The minimum atomic E-state index is -0.771. The van der Waals surface area contributed by atoms with Crippen LogP contribution in [-0.2, 0) is 4.74 Å². The minimum Gasteiger partial charge on any atom is -0.393 e. The van der Waals surface area contributed by atoms with Crippen LogP contribution in [0.5, 0.6) is 0 Å². The molecule has 4 N–H and O–H groups in total. The molecule has 4 atom stereocenters. The Morgan fingerprint density at radius 3 is 2.90 bits per heavy atom. The summed E-state index contributed by atoms with van der Waals surface area (Å²) in [6, 6.07) is 3.60. The highest BCUT2D eigenvalue weighted by Gasteiger charge is 2.50. The summed E-state index contributed by atoms with van der Waals surface area (Å²) in [6.07, 6.45) is 0.0855. The van der Waals surface area contributed by atoms with Gasteiger partial charge in [0.25, 0.3) is 0 Å². The molecule has 1 saturated heterocycles. The number of fused-ring (bicyclic) bond motifs is 1. The van der Waals surface area contributed by atoms with E-state index in [0.717, 1.165) is 0 Å². The van der Waals surface area contributed by atoms with E-state index >= 15 is 0 Å². The average Bonchev–Trinajstić information content (AvgIpc) is 2.96. The predicted molar refractivity (Wildman–Crippen MR) is 71.9 cm³/mol. The highest BCUT2D eigenvalue weighted by Crippen LogP contribution is 2.43. The molecule has 3 heterocycles. The van der Waals surface area contributed by atoms with Crippen LogP contribution in [-0.4, -0.2) is 43.1 Å². The van der Waals surface area contributed by atoms with Crippen LogP contribution in [0.4, 0.5) is 5.82 Å². The molecule has 3 rings (SSSR count). The number of hydrogen-bond acceptors (Lipinski definition) is 6. The van der Waals surface area contributed by atoms with Crippen molar-refractivity contribution in [2.45, 2.75) is 31.7 Å². The second-order valence-corrected chi connectivity index (χ2v) is 5.49. The lowest BCUT2D eigenvalue weighted by molar-refractivity contribution is -0.0806. The number of aliphatic hydroxyl groups is 2. The zero-order valence-electron chi connectivity index (χ0n) is 11.4. The fourth-order valence-electron chi connectivity index (χ4n) is 2.70. The first-order chi connectivity index (χ1) is 9.48. The van der Waals surface area contributed by atoms with E-state index in [9.17, 15) is 10.2 Å². The van der Waals surface area contributed by atoms with E-state index < -0.39 is 17.8 Å². The summed E-state index contributed by atoms with van der Waals surface area (Å²) >= 11 is 0. The summed E-state index contributed by atoms with van der Waals surface area (Å²) in [5.41, 5.74) is 6.39. The van der Waals surface area contributed by atoms with Crippen molar-refractivity contribution < 1.29 is 14.9 Å². The summed E-state index contributed by atoms with van der Waals surface area (Å²) in [4.78, 5) is 3.93. The van der Waals surface area contributed by atoms with Crippen LogP contribution < -0.4 is 5.73 Å². The van der Waals surface area contributed by atoms with Crippen LogP contribution in [0, 0.1) is 5.92 Å². The number of hydrogen-bond donors (Lipinski definition) is 3. The van der Waals surface area contributed by atoms with Gasteiger partial charge in [0.05, 0.1) is 24.0 Å². The molecule has 0 bridgehead atoms. The van der Waals surface area contributed by atoms with Gasteiger partial charge in [-0.25, -0.2) is 9.50 Å². The van der Waals surface area contributed by atoms with Gasteiger partial charge in [-0.1, -0.05) is 6.92 Å². The predicted octanol–water partition coefficient (Wildman–Crippen LogP) is 0.131. The maximum Gasteiger partial charge on any atom is 0.151 e. The zero-order chi connectivity index (χ0) is 14.5. The maximum absolute atomic E-state index is 10.4. The molecule has 0 saturated carbocycles. The number of aliphatic hydroxyl groups excluding tert-OH is 2. The number of anilines is 1. The Kier molecular flexibility index (Phi) is 2.93. The number of rotatable bonds is 2. The van der Waals surface area contributed by atoms with Gasteiger partial charge in [-0.15, -0.1) is 0 Å². The highest BCUT2D eigenvalue weighted by molar-refractivity contribution is 5.65. The lowest BCUT2D eigenvalue weighted by Crippen LogP contribution is -2.36. The molecular formula is C13H18N4O3. The van der Waals surface area contributed by atoms with E-state index in [1.54, 1.807) is 17.5 Å². The molecule has 7 heteroatoms. The van der Waals surface area contributed by atoms with Crippen molar-refractivity contribution in [2.75, 3.05) is 12.3 Å². The molecular weight excluding hydrogens is 260 g/mol. The largest absolute Gasteiger partial charge is 0.393 e. The van der Waals surface area contributed by atoms with Crippen molar-refractivity contribution in [1.29, 1.82) is 0 Å². The molecule has 0 aliphatic carbocycles. The Labute approximate surface area is 116 Å². The van der Waals surface area contributed by atoms with Crippen molar-refractivity contribution >= 4 is 11.3 Å². The number of nitrogen functional groups attached to an aromatic ring is 1. The Bertz CT molecular complexity index is 644. The molecule has 20 heavy (non-hydrogen) atoms. The van der Waals surface area contributed by atoms with Crippen LogP contribution in [0.3, 0.4) is 0 Å². The van der Waals surface area contributed by atoms with Crippen LogP contribution in [0.25, 0.3) is 5.52 Å². The Balaban J connectivity index is 2.06. The SMILES string of the molecule is C[C@H]1[C@@H](O)[C@H](c2ccc3c(N)ncnn23)O[C@]1(C)CO. The molecule has 7 nitrogen and oxygen atoms in total. The fourth-order valence-corrected chi connectivity index (χ4v) is 2.70. The summed E-state index contributed by atoms with van der Waals surface area (Å²) < 4.78 is 7.51. The van der Waals surface area contributed by atoms with Gasteiger partial charge < -0.3 is 20.7 Å². The zero-order valence-corrected chi connectivity index (χ0v) is 11.4. The maximum atomic E-state index is 10.4. The number of aromatic nitrogens is 3. The van der Waals surface area contributed by atoms with Crippen molar-refractivity contribution in [3.8, 4) is 0 Å². The Morgan fingerprint density at radius 1 is 1.50 bits per heavy atom. The third-order valence-corrected chi connectivity index (χ3v) is 4.30. The monoisotopic (exact) mass is 278 g/mol. The smallest absolute Gasteiger partial charge is 0.151 e. The number of ether oxygens (including phenoxy) is 1. The molecule has 0 aromatic carbocycles. The third-order valence-electron chi connectivity index (χ3n) is 4.30. The average molecular weight is 278 g/mol. The second kappa shape index (κ2) is 4.41. The topological polar surface area (TPSA) is 106 Å². The van der Waals surface area contributed by atoms with Gasteiger partial charge in [0.1, 0.15) is 17.9 Å². The normalized spacial score (nSPS) is 33.9. The van der Waals surface area contributed by atoms with E-state index in [2.05, 4.69) is 10.1 Å². The quantitative estimate of drug-likeness (QED) is 0.721. The summed E-state index contributed by atoms with van der Waals surface area (Å²) in [7, 11) is 0. The third kappa shape index (κ3) is 1.71. The van der Waals surface area contributed by atoms with Crippen molar-refractivity contribution in [1.82, 2.24) is 14.6 Å². The Morgan fingerprint density at radius 2 is 2.25 bits per heavy atom. The molecule has 0 amide bonds. The van der Waals surface area contributed by atoms with E-state index in [4.69, 9.17) is 10.5 Å². The Hall–Kier alpha value is -1.70. The molecule has 2 aromatic heterocycles. The van der Waals surface area contributed by atoms with Gasteiger partial charge in [-0.3, -0.25) is 0 Å². The molecule has 1 fully saturated rings. The van der Waals surface area contributed by atoms with Crippen LogP contribution >= 0.6 is 0 Å². The van der Waals surface area contributed by atoms with Gasteiger partial charge in [0.2, 0.25) is 0 Å². The van der Waals surface area contributed by atoms with Crippen LogP contribution in [0.2, 0.25) is 0 Å². The molecule has 1 aliphatic heterocycles. The number of nitrogens with two attached hydrogens (primary N) is 1. The van der Waals surface area contributed by atoms with Gasteiger partial charge in [-0.2, -0.15) is 5.10 Å². The first-order valence-electron chi connectivity index (χ1n) is 6.53. The van der Waals surface area contributed by atoms with Gasteiger partial charge in [0, 0.05) is 5.92 Å². The van der Waals surface area contributed by atoms with Crippen LogP contribution in [0.1, 0.15) is 25.6 Å². The van der Waals surface area contributed by atoms with E-state index in [1.807, 2.05) is 13.0 Å². The molecule has 0 unspecified atom stereocenters. The number of nitrogens with zero attached hydrogens (tertiary/aromatic N) is 3. The van der Waals surface area contributed by atoms with Gasteiger partial charge >= 0.3 is 0 Å². The fraction of sp³-hybridized carbons (Fsp3) is 0.538. The highest BCUT2D eigenvalue weighted by atomic mass is 16.5. The standard InChI is InChI=1S/C13H18N4O3/c1-7-10(19)11(20-13(7,2)5-18)8-3-4-9-12(14)15-6-16-17(8)9/h3-4,6-7,10-11,18-19H,5H2,1-2H3,(H2,14,15,16)/t7-,10+,11-,13+/m0/s1. The molecule has 0 radical (unpaired) electrons. The van der Waals surface area contributed by atoms with Gasteiger partial charge in [-0.05, 0) is 19.1 Å². The lowest BCUT2D eigenvalue weighted by atomic mass is 9.88. The van der Waals surface area contributed by atoms with Crippen molar-refractivity contribution in [2.24, 2.45) is 5.92 Å². The summed E-state index contributed by atoms with van der Waals surface area (Å²) in [5, 5.41) is 24.0. The van der Waals surface area contributed by atoms with Gasteiger partial charge in [0.15, 0.2) is 5.82 Å². The van der Waals surface area contributed by atoms with E-state index in [-0.39, 0.29) is 12.5 Å². The molecule has 2 aromatic rings. The van der Waals surface area contributed by atoms with Crippen LogP contribution in [0.15, 0.2) is 18.5 Å².